The van der Waals surface area contributed by atoms with Crippen LogP contribution >= 0.6 is 0 Å². The molecule has 0 N–H and O–H groups in total. The molecule has 0 aliphatic heterocycles. The quantitative estimate of drug-likeness (QED) is 0.483. The second-order valence-corrected chi connectivity index (χ2v) is 7.50. The predicted molar refractivity (Wildman–Crippen MR) is 131 cm³/mol. The Morgan fingerprint density at radius 1 is 0.939 bits per heavy atom. The average Bonchev–Trinajstić information content (AvgIpc) is 3.43. The first-order valence-electron chi connectivity index (χ1n) is 10.8. The Morgan fingerprint density at radius 3 is 1.64 bits per heavy atom. The number of nitrogens with zero attached hydrogens (tertiary/aromatic N) is 1. The summed E-state index contributed by atoms with van der Waals surface area (Å²) in [5, 5.41) is 20.0. The van der Waals surface area contributed by atoms with Crippen molar-refractivity contribution < 1.29 is 19.8 Å². The maximum Gasteiger partial charge on any atom is 2.00 e. The van der Waals surface area contributed by atoms with Gasteiger partial charge in [0.1, 0.15) is 0 Å². The molecule has 6 heteroatoms. The minimum absolute atomic E-state index is 0. The van der Waals surface area contributed by atoms with Crippen LogP contribution in [0.25, 0.3) is 0 Å². The number of carbonyl (C=O) groups excluding carboxylic acids is 2. The molecule has 0 amide bonds. The van der Waals surface area contributed by atoms with Crippen molar-refractivity contribution in [1.29, 1.82) is 0 Å². The molecule has 33 heavy (non-hydrogen) atoms. The van der Waals surface area contributed by atoms with Crippen molar-refractivity contribution in [2.75, 3.05) is 14.1 Å². The van der Waals surface area contributed by atoms with Crippen LogP contribution in [-0.4, -0.2) is 54.8 Å². The molecule has 1 aromatic rings. The van der Waals surface area contributed by atoms with Gasteiger partial charge in [0, 0.05) is 30.3 Å². The molecule has 0 spiro atoms. The van der Waals surface area contributed by atoms with Gasteiger partial charge in [-0.25, -0.2) is 0 Å². The number of carboxylic acids is 2. The SMILES string of the molecule is CN(C)Cc1[c]cccc1.O=C([O-])CC1C=CC=C1.O=C([O-])CC1C=CC=C1.[CH2]CCC.[Sn+2]. The Hall–Kier alpha value is -2.12. The van der Waals surface area contributed by atoms with Gasteiger partial charge in [-0.1, -0.05) is 99.6 Å². The van der Waals surface area contributed by atoms with E-state index in [4.69, 9.17) is 0 Å². The van der Waals surface area contributed by atoms with Crippen molar-refractivity contribution in [3.8, 4) is 0 Å². The van der Waals surface area contributed by atoms with Crippen molar-refractivity contribution >= 4 is 35.8 Å². The summed E-state index contributed by atoms with van der Waals surface area (Å²) in [5.74, 6) is -1.85. The number of rotatable bonds is 7. The zero-order valence-electron chi connectivity index (χ0n) is 19.9. The van der Waals surface area contributed by atoms with Crippen LogP contribution in [0.3, 0.4) is 0 Å². The van der Waals surface area contributed by atoms with Crippen LogP contribution in [0.1, 0.15) is 38.2 Å². The third-order valence-corrected chi connectivity index (χ3v) is 4.07. The van der Waals surface area contributed by atoms with E-state index in [-0.39, 0.29) is 48.6 Å². The fraction of sp³-hybridized carbons (Fsp3) is 0.370. The molecule has 0 unspecified atom stereocenters. The molecule has 0 saturated carbocycles. The summed E-state index contributed by atoms with van der Waals surface area (Å²) in [4.78, 5) is 22.1. The van der Waals surface area contributed by atoms with Gasteiger partial charge in [-0.15, -0.1) is 0 Å². The Morgan fingerprint density at radius 2 is 1.36 bits per heavy atom. The topological polar surface area (TPSA) is 83.5 Å². The molecule has 0 atom stereocenters. The van der Waals surface area contributed by atoms with Crippen LogP contribution in [0.2, 0.25) is 0 Å². The first-order valence-corrected chi connectivity index (χ1v) is 10.8. The summed E-state index contributed by atoms with van der Waals surface area (Å²) in [6.07, 6.45) is 17.2. The van der Waals surface area contributed by atoms with E-state index in [1.807, 2.05) is 66.8 Å². The van der Waals surface area contributed by atoms with E-state index in [0.717, 1.165) is 13.0 Å². The summed E-state index contributed by atoms with van der Waals surface area (Å²) in [6, 6.07) is 11.2. The predicted octanol–water partition coefficient (Wildman–Crippen LogP) is 2.53. The number of carbonyl (C=O) groups is 2. The number of unbranched alkanes of at least 4 members (excludes halogenated alkanes) is 1. The first-order chi connectivity index (χ1) is 15.3. The molecule has 0 fully saturated rings. The Bertz CT molecular complexity index is 689. The van der Waals surface area contributed by atoms with Crippen LogP contribution in [0.15, 0.2) is 72.9 Å². The number of hydrogen-bond donors (Lipinski definition) is 0. The van der Waals surface area contributed by atoms with Crippen LogP contribution in [-0.2, 0) is 16.1 Å². The molecule has 0 aromatic heterocycles. The van der Waals surface area contributed by atoms with Crippen molar-refractivity contribution in [2.45, 2.75) is 39.2 Å². The molecule has 5 nitrogen and oxygen atoms in total. The van der Waals surface area contributed by atoms with Crippen molar-refractivity contribution in [3.63, 3.8) is 0 Å². The molecule has 3 rings (SSSR count). The molecule has 2 aliphatic carbocycles. The van der Waals surface area contributed by atoms with Gasteiger partial charge >= 0.3 is 23.9 Å². The third-order valence-electron chi connectivity index (χ3n) is 4.07. The van der Waals surface area contributed by atoms with E-state index in [0.29, 0.717) is 0 Å². The summed E-state index contributed by atoms with van der Waals surface area (Å²) in [7, 11) is 4.11. The van der Waals surface area contributed by atoms with E-state index in [9.17, 15) is 19.8 Å². The van der Waals surface area contributed by atoms with E-state index < -0.39 is 11.9 Å². The Labute approximate surface area is 216 Å². The van der Waals surface area contributed by atoms with Gasteiger partial charge < -0.3 is 24.7 Å². The number of allylic oxidation sites excluding steroid dienone is 8. The van der Waals surface area contributed by atoms with Gasteiger partial charge in [-0.05, 0) is 38.6 Å². The molecule has 2 aliphatic rings. The molecule has 0 heterocycles. The minimum Gasteiger partial charge on any atom is -0.550 e. The zero-order chi connectivity index (χ0) is 24.2. The van der Waals surface area contributed by atoms with Crippen molar-refractivity contribution in [3.05, 3.63) is 91.4 Å². The summed E-state index contributed by atoms with van der Waals surface area (Å²) >= 11 is 0. The molecule has 176 valence electrons. The normalized spacial score (nSPS) is 13.2. The van der Waals surface area contributed by atoms with Crippen LogP contribution in [0.5, 0.6) is 0 Å². The standard InChI is InChI=1S/C9H12N.2C7H8O2.C4H9.Sn/c1-10(2)8-9-6-4-3-5-7-9;2*8-7(9)5-6-3-1-2-4-6;1-3-4-2;/h3-6H,8H2,1-2H3;2*1-4,6H,5H2,(H,8,9);1,3-4H2,2H3;/q;;;;+2/p-2. The zero-order valence-corrected chi connectivity index (χ0v) is 22.8. The molecular formula is C27H35NO4Sn. The maximum atomic E-state index is 9.98. The summed E-state index contributed by atoms with van der Waals surface area (Å²) in [6.45, 7) is 6.70. The minimum atomic E-state index is -0.990. The third kappa shape index (κ3) is 21.5. The fourth-order valence-corrected chi connectivity index (χ4v) is 2.48. The Balaban J connectivity index is 0. The van der Waals surface area contributed by atoms with Gasteiger partial charge in [0.2, 0.25) is 0 Å². The summed E-state index contributed by atoms with van der Waals surface area (Å²) < 4.78 is 0. The smallest absolute Gasteiger partial charge is 0.550 e. The molecule has 0 saturated heterocycles. The number of hydrogen-bond acceptors (Lipinski definition) is 5. The van der Waals surface area contributed by atoms with E-state index in [1.54, 1.807) is 0 Å². The first kappa shape index (κ1) is 33.1. The second kappa shape index (κ2) is 21.7. The van der Waals surface area contributed by atoms with Gasteiger partial charge in [0.05, 0.1) is 0 Å². The monoisotopic (exact) mass is 557 g/mol. The van der Waals surface area contributed by atoms with E-state index >= 15 is 0 Å². The summed E-state index contributed by atoms with van der Waals surface area (Å²) in [5.41, 5.74) is 1.24. The molecule has 0 bridgehead atoms. The Kier molecular flexibility index (Phi) is 21.7. The number of aliphatic carboxylic acids is 2. The molecule has 4 radical (unpaired) electrons. The fourth-order valence-electron chi connectivity index (χ4n) is 2.48. The number of carboxylic acid groups (broad SMARTS) is 2. The van der Waals surface area contributed by atoms with Crippen LogP contribution < -0.4 is 10.2 Å². The van der Waals surface area contributed by atoms with Gasteiger partial charge in [0.15, 0.2) is 0 Å². The van der Waals surface area contributed by atoms with Gasteiger partial charge in [-0.2, -0.15) is 0 Å². The van der Waals surface area contributed by atoms with Crippen molar-refractivity contribution in [2.24, 2.45) is 11.8 Å². The van der Waals surface area contributed by atoms with Gasteiger partial charge in [0.25, 0.3) is 0 Å². The number of benzene rings is 1. The molecular weight excluding hydrogens is 521 g/mol. The average molecular weight is 556 g/mol. The van der Waals surface area contributed by atoms with Crippen molar-refractivity contribution in [1.82, 2.24) is 4.90 Å². The van der Waals surface area contributed by atoms with Crippen LogP contribution in [0.4, 0.5) is 0 Å². The molecule has 1 aromatic carbocycles. The maximum absolute atomic E-state index is 9.98. The van der Waals surface area contributed by atoms with Crippen LogP contribution in [0, 0.1) is 24.8 Å². The largest absolute Gasteiger partial charge is 2.00 e. The second-order valence-electron chi connectivity index (χ2n) is 7.50. The van der Waals surface area contributed by atoms with E-state index in [1.165, 1.54) is 12.0 Å². The van der Waals surface area contributed by atoms with Gasteiger partial charge in [-0.3, -0.25) is 0 Å². The van der Waals surface area contributed by atoms with E-state index in [2.05, 4.69) is 45.0 Å².